The molecule has 0 aromatic carbocycles. The Morgan fingerprint density at radius 3 is 2.55 bits per heavy atom. The molecule has 0 bridgehead atoms. The van der Waals surface area contributed by atoms with E-state index in [1.807, 2.05) is 13.0 Å². The van der Waals surface area contributed by atoms with Gasteiger partial charge in [-0.05, 0) is 49.7 Å². The predicted molar refractivity (Wildman–Crippen MR) is 81.5 cm³/mol. The number of aromatic nitrogens is 1. The highest BCUT2D eigenvalue weighted by atomic mass is 16.1. The van der Waals surface area contributed by atoms with Crippen LogP contribution in [0.4, 0.5) is 5.82 Å². The van der Waals surface area contributed by atoms with Crippen molar-refractivity contribution in [3.05, 3.63) is 23.4 Å². The molecular formula is C16H25N3O. The summed E-state index contributed by atoms with van der Waals surface area (Å²) in [7, 11) is 0. The van der Waals surface area contributed by atoms with Crippen molar-refractivity contribution in [1.82, 2.24) is 10.3 Å². The third-order valence-electron chi connectivity index (χ3n) is 4.04. The summed E-state index contributed by atoms with van der Waals surface area (Å²) in [5.41, 5.74) is 7.25. The quantitative estimate of drug-likeness (QED) is 0.891. The first-order chi connectivity index (χ1) is 9.47. The Bertz CT molecular complexity index is 477. The molecule has 2 unspecified atom stereocenters. The van der Waals surface area contributed by atoms with E-state index in [9.17, 15) is 4.79 Å². The van der Waals surface area contributed by atoms with Crippen molar-refractivity contribution in [2.24, 2.45) is 11.8 Å². The van der Waals surface area contributed by atoms with Gasteiger partial charge in [-0.1, -0.05) is 20.8 Å². The zero-order valence-electron chi connectivity index (χ0n) is 12.6. The van der Waals surface area contributed by atoms with E-state index in [0.717, 1.165) is 25.0 Å². The molecule has 1 fully saturated rings. The number of carbonyl (C=O) groups is 1. The molecule has 20 heavy (non-hydrogen) atoms. The van der Waals surface area contributed by atoms with Gasteiger partial charge in [0.25, 0.3) is 5.91 Å². The van der Waals surface area contributed by atoms with Crippen LogP contribution in [-0.2, 0) is 6.42 Å². The van der Waals surface area contributed by atoms with Gasteiger partial charge in [-0.3, -0.25) is 4.79 Å². The van der Waals surface area contributed by atoms with Gasteiger partial charge in [0, 0.05) is 17.3 Å². The molecule has 1 aliphatic rings. The summed E-state index contributed by atoms with van der Waals surface area (Å²) in [4.78, 5) is 16.6. The van der Waals surface area contributed by atoms with Crippen LogP contribution in [0.3, 0.4) is 0 Å². The summed E-state index contributed by atoms with van der Waals surface area (Å²) in [5, 5.41) is 3.15. The molecule has 1 amide bonds. The normalized spacial score (nSPS) is 26.2. The highest BCUT2D eigenvalue weighted by Crippen LogP contribution is 2.28. The molecule has 1 heterocycles. The molecule has 0 saturated heterocycles. The van der Waals surface area contributed by atoms with Crippen LogP contribution in [0.1, 0.15) is 56.1 Å². The molecule has 4 heteroatoms. The standard InChI is InChI=1S/C16H25N3O/c1-4-13-8-12(9-15(17)18-13)16(20)19-14-6-10(2)5-11(3)7-14/h8-11,14H,4-7H2,1-3H3,(H2,17,18)(H,19,20). The number of nitrogens with one attached hydrogen (secondary N) is 1. The second kappa shape index (κ2) is 6.25. The molecule has 1 aromatic heterocycles. The Balaban J connectivity index is 2.06. The summed E-state index contributed by atoms with van der Waals surface area (Å²) < 4.78 is 0. The minimum Gasteiger partial charge on any atom is -0.384 e. The fourth-order valence-corrected chi connectivity index (χ4v) is 3.26. The lowest BCUT2D eigenvalue weighted by Crippen LogP contribution is -2.40. The van der Waals surface area contributed by atoms with Crippen molar-refractivity contribution in [3.8, 4) is 0 Å². The number of carbonyl (C=O) groups excluding carboxylic acids is 1. The average Bonchev–Trinajstić information content (AvgIpc) is 2.36. The Morgan fingerprint density at radius 2 is 1.95 bits per heavy atom. The van der Waals surface area contributed by atoms with Gasteiger partial charge >= 0.3 is 0 Å². The molecule has 2 rings (SSSR count). The van der Waals surface area contributed by atoms with Crippen molar-refractivity contribution in [2.75, 3.05) is 5.73 Å². The second-order valence-corrected chi connectivity index (χ2v) is 6.21. The zero-order chi connectivity index (χ0) is 14.7. The van der Waals surface area contributed by atoms with Crippen LogP contribution in [0.15, 0.2) is 12.1 Å². The van der Waals surface area contributed by atoms with Gasteiger partial charge < -0.3 is 11.1 Å². The van der Waals surface area contributed by atoms with Gasteiger partial charge in [-0.25, -0.2) is 4.98 Å². The Kier molecular flexibility index (Phi) is 4.63. The van der Waals surface area contributed by atoms with Crippen LogP contribution in [0, 0.1) is 11.8 Å². The van der Waals surface area contributed by atoms with Gasteiger partial charge in [0.05, 0.1) is 0 Å². The summed E-state index contributed by atoms with van der Waals surface area (Å²) in [6, 6.07) is 3.77. The zero-order valence-corrected chi connectivity index (χ0v) is 12.6. The van der Waals surface area contributed by atoms with Gasteiger partial charge in [0.1, 0.15) is 5.82 Å². The van der Waals surface area contributed by atoms with E-state index in [0.29, 0.717) is 23.2 Å². The topological polar surface area (TPSA) is 68.0 Å². The fraction of sp³-hybridized carbons (Fsp3) is 0.625. The van der Waals surface area contributed by atoms with Crippen LogP contribution in [-0.4, -0.2) is 16.9 Å². The summed E-state index contributed by atoms with van der Waals surface area (Å²) in [6.07, 6.45) is 4.17. The van der Waals surface area contributed by atoms with Crippen LogP contribution < -0.4 is 11.1 Å². The number of rotatable bonds is 3. The van der Waals surface area contributed by atoms with Crippen molar-refractivity contribution in [2.45, 2.75) is 52.5 Å². The van der Waals surface area contributed by atoms with E-state index in [1.165, 1.54) is 6.42 Å². The van der Waals surface area contributed by atoms with Crippen molar-refractivity contribution in [1.29, 1.82) is 0 Å². The van der Waals surface area contributed by atoms with Gasteiger partial charge in [-0.2, -0.15) is 0 Å². The lowest BCUT2D eigenvalue weighted by Gasteiger charge is -2.32. The maximum absolute atomic E-state index is 12.4. The number of anilines is 1. The third kappa shape index (κ3) is 3.71. The van der Waals surface area contributed by atoms with Crippen LogP contribution in [0.5, 0.6) is 0 Å². The van der Waals surface area contributed by atoms with E-state index in [1.54, 1.807) is 6.07 Å². The third-order valence-corrected chi connectivity index (χ3v) is 4.04. The molecule has 1 aliphatic carbocycles. The average molecular weight is 275 g/mol. The molecule has 4 nitrogen and oxygen atoms in total. The SMILES string of the molecule is CCc1cc(C(=O)NC2CC(C)CC(C)C2)cc(N)n1. The Morgan fingerprint density at radius 1 is 1.30 bits per heavy atom. The highest BCUT2D eigenvalue weighted by Gasteiger charge is 2.25. The molecule has 0 aliphatic heterocycles. The summed E-state index contributed by atoms with van der Waals surface area (Å²) in [5.74, 6) is 1.75. The monoisotopic (exact) mass is 275 g/mol. The first-order valence-electron chi connectivity index (χ1n) is 7.55. The van der Waals surface area contributed by atoms with E-state index >= 15 is 0 Å². The van der Waals surface area contributed by atoms with Gasteiger partial charge in [0.15, 0.2) is 0 Å². The smallest absolute Gasteiger partial charge is 0.251 e. The molecule has 1 saturated carbocycles. The summed E-state index contributed by atoms with van der Waals surface area (Å²) in [6.45, 7) is 6.52. The Hall–Kier alpha value is -1.58. The maximum atomic E-state index is 12.4. The largest absolute Gasteiger partial charge is 0.384 e. The lowest BCUT2D eigenvalue weighted by molar-refractivity contribution is 0.0911. The number of aryl methyl sites for hydroxylation is 1. The first kappa shape index (κ1) is 14.8. The molecule has 0 spiro atoms. The van der Waals surface area contributed by atoms with Crippen LogP contribution >= 0.6 is 0 Å². The Labute approximate surface area is 121 Å². The van der Waals surface area contributed by atoms with Crippen LogP contribution in [0.2, 0.25) is 0 Å². The van der Waals surface area contributed by atoms with E-state index in [-0.39, 0.29) is 11.9 Å². The number of hydrogen-bond donors (Lipinski definition) is 2. The molecule has 3 N–H and O–H groups in total. The minimum atomic E-state index is -0.0277. The van der Waals surface area contributed by atoms with Gasteiger partial charge in [-0.15, -0.1) is 0 Å². The van der Waals surface area contributed by atoms with Crippen molar-refractivity contribution in [3.63, 3.8) is 0 Å². The lowest BCUT2D eigenvalue weighted by atomic mass is 9.80. The van der Waals surface area contributed by atoms with E-state index in [4.69, 9.17) is 5.73 Å². The molecular weight excluding hydrogens is 250 g/mol. The summed E-state index contributed by atoms with van der Waals surface area (Å²) >= 11 is 0. The number of nitrogen functional groups attached to an aromatic ring is 1. The number of hydrogen-bond acceptors (Lipinski definition) is 3. The molecule has 110 valence electrons. The second-order valence-electron chi connectivity index (χ2n) is 6.21. The first-order valence-corrected chi connectivity index (χ1v) is 7.55. The molecule has 1 aromatic rings. The fourth-order valence-electron chi connectivity index (χ4n) is 3.26. The molecule has 2 atom stereocenters. The number of nitrogens with zero attached hydrogens (tertiary/aromatic N) is 1. The van der Waals surface area contributed by atoms with E-state index < -0.39 is 0 Å². The maximum Gasteiger partial charge on any atom is 0.251 e. The number of nitrogens with two attached hydrogens (primary N) is 1. The van der Waals surface area contributed by atoms with E-state index in [2.05, 4.69) is 24.1 Å². The van der Waals surface area contributed by atoms with Crippen LogP contribution in [0.25, 0.3) is 0 Å². The van der Waals surface area contributed by atoms with Crippen molar-refractivity contribution >= 4 is 11.7 Å². The minimum absolute atomic E-state index is 0.0277. The molecule has 0 radical (unpaired) electrons. The van der Waals surface area contributed by atoms with Gasteiger partial charge in [0.2, 0.25) is 0 Å². The van der Waals surface area contributed by atoms with Crippen molar-refractivity contribution < 1.29 is 4.79 Å². The number of amides is 1. The number of pyridine rings is 1. The predicted octanol–water partition coefficient (Wildman–Crippen LogP) is 2.78. The highest BCUT2D eigenvalue weighted by molar-refractivity contribution is 5.95.